The van der Waals surface area contributed by atoms with E-state index in [0.717, 1.165) is 4.90 Å². The van der Waals surface area contributed by atoms with Crippen LogP contribution in [0.3, 0.4) is 0 Å². The molecule has 0 atom stereocenters. The molecule has 1 aliphatic heterocycles. The summed E-state index contributed by atoms with van der Waals surface area (Å²) in [5.74, 6) is -0.210. The summed E-state index contributed by atoms with van der Waals surface area (Å²) in [6, 6.07) is 12.0. The molecule has 1 aromatic carbocycles. The molecule has 0 spiro atoms. The van der Waals surface area contributed by atoms with Crippen molar-refractivity contribution in [1.82, 2.24) is 19.9 Å². The minimum Gasteiger partial charge on any atom is -0.345 e. The Morgan fingerprint density at radius 2 is 1.85 bits per heavy atom. The lowest BCUT2D eigenvalue weighted by Crippen LogP contribution is -2.29. The zero-order valence-electron chi connectivity index (χ0n) is 13.8. The Morgan fingerprint density at radius 1 is 1.04 bits per heavy atom. The number of benzene rings is 1. The van der Waals surface area contributed by atoms with Gasteiger partial charge < -0.3 is 5.32 Å². The molecular formula is C18H15N5O3. The average molecular weight is 349 g/mol. The molecule has 26 heavy (non-hydrogen) atoms. The van der Waals surface area contributed by atoms with Crippen LogP contribution >= 0.6 is 0 Å². The maximum atomic E-state index is 12.4. The van der Waals surface area contributed by atoms with Crippen LogP contribution in [0.2, 0.25) is 0 Å². The van der Waals surface area contributed by atoms with Crippen molar-refractivity contribution in [2.45, 2.75) is 19.4 Å². The third-order valence-electron chi connectivity index (χ3n) is 4.21. The normalized spacial score (nSPS) is 14.2. The monoisotopic (exact) mass is 349 g/mol. The lowest BCUT2D eigenvalue weighted by molar-refractivity contribution is -0.121. The van der Waals surface area contributed by atoms with Crippen molar-refractivity contribution >= 4 is 29.1 Å². The van der Waals surface area contributed by atoms with Crippen molar-refractivity contribution in [2.24, 2.45) is 0 Å². The summed E-state index contributed by atoms with van der Waals surface area (Å²) in [7, 11) is 0. The molecule has 1 saturated heterocycles. The van der Waals surface area contributed by atoms with Crippen LogP contribution in [0.1, 0.15) is 29.0 Å². The Balaban J connectivity index is 1.51. The zero-order valence-corrected chi connectivity index (χ0v) is 13.8. The number of fused-ring (bicyclic) bond motifs is 1. The number of nitrogens with zero attached hydrogens (tertiary/aromatic N) is 4. The molecule has 130 valence electrons. The molecular weight excluding hydrogens is 334 g/mol. The number of carbonyl (C=O) groups is 3. The number of pyridine rings is 1. The van der Waals surface area contributed by atoms with Crippen molar-refractivity contribution < 1.29 is 14.4 Å². The average Bonchev–Trinajstić information content (AvgIpc) is 3.23. The first-order chi connectivity index (χ1) is 12.6. The predicted molar refractivity (Wildman–Crippen MR) is 92.3 cm³/mol. The standard InChI is InChI=1S/C18H15N5O3/c24-16-7-8-17(25)23(16)13-5-3-4-12(10-13)18(26)19-11-15-21-20-14-6-1-2-9-22(14)15/h1-6,9-10H,7-8,11H2,(H,19,26). The van der Waals surface area contributed by atoms with Crippen LogP contribution in [0.15, 0.2) is 48.7 Å². The van der Waals surface area contributed by atoms with Crippen LogP contribution in [0.5, 0.6) is 0 Å². The molecule has 3 amide bonds. The van der Waals surface area contributed by atoms with Crippen LogP contribution in [-0.2, 0) is 16.1 Å². The summed E-state index contributed by atoms with van der Waals surface area (Å²) in [5.41, 5.74) is 1.48. The molecule has 0 radical (unpaired) electrons. The SMILES string of the molecule is O=C(NCc1nnc2ccccn12)c1cccc(N2C(=O)CCC2=O)c1. The maximum Gasteiger partial charge on any atom is 0.251 e. The van der Waals surface area contributed by atoms with Gasteiger partial charge in [-0.15, -0.1) is 10.2 Å². The Hall–Kier alpha value is -3.55. The van der Waals surface area contributed by atoms with Gasteiger partial charge in [0.15, 0.2) is 11.5 Å². The molecule has 8 nitrogen and oxygen atoms in total. The molecule has 1 aliphatic rings. The second-order valence-electron chi connectivity index (χ2n) is 5.90. The number of carbonyl (C=O) groups excluding carboxylic acids is 3. The van der Waals surface area contributed by atoms with Gasteiger partial charge in [0.2, 0.25) is 11.8 Å². The topological polar surface area (TPSA) is 96.7 Å². The predicted octanol–water partition coefficient (Wildman–Crippen LogP) is 1.31. The number of amides is 3. The quantitative estimate of drug-likeness (QED) is 0.717. The molecule has 2 aromatic heterocycles. The number of nitrogens with one attached hydrogen (secondary N) is 1. The highest BCUT2D eigenvalue weighted by molar-refractivity contribution is 6.20. The number of anilines is 1. The summed E-state index contributed by atoms with van der Waals surface area (Å²) in [4.78, 5) is 37.3. The van der Waals surface area contributed by atoms with E-state index in [2.05, 4.69) is 15.5 Å². The number of rotatable bonds is 4. The van der Waals surface area contributed by atoms with Gasteiger partial charge in [0, 0.05) is 24.6 Å². The fourth-order valence-corrected chi connectivity index (χ4v) is 2.92. The minimum absolute atomic E-state index is 0.204. The molecule has 1 N–H and O–H groups in total. The fourth-order valence-electron chi connectivity index (χ4n) is 2.92. The largest absolute Gasteiger partial charge is 0.345 e. The molecule has 1 fully saturated rings. The van der Waals surface area contributed by atoms with Gasteiger partial charge in [-0.3, -0.25) is 23.7 Å². The van der Waals surface area contributed by atoms with Gasteiger partial charge in [-0.2, -0.15) is 0 Å². The highest BCUT2D eigenvalue weighted by Crippen LogP contribution is 2.23. The van der Waals surface area contributed by atoms with Crippen LogP contribution in [0, 0.1) is 0 Å². The van der Waals surface area contributed by atoms with Crippen LogP contribution < -0.4 is 10.2 Å². The first kappa shape index (κ1) is 15.9. The fraction of sp³-hybridized carbons (Fsp3) is 0.167. The van der Waals surface area contributed by atoms with E-state index in [4.69, 9.17) is 0 Å². The smallest absolute Gasteiger partial charge is 0.251 e. The van der Waals surface area contributed by atoms with E-state index >= 15 is 0 Å². The van der Waals surface area contributed by atoms with E-state index in [1.54, 1.807) is 28.7 Å². The second-order valence-corrected chi connectivity index (χ2v) is 5.90. The van der Waals surface area contributed by atoms with Crippen molar-refractivity contribution in [2.75, 3.05) is 4.90 Å². The summed E-state index contributed by atoms with van der Waals surface area (Å²) in [5, 5.41) is 10.9. The van der Waals surface area contributed by atoms with E-state index < -0.39 is 0 Å². The lowest BCUT2D eigenvalue weighted by atomic mass is 10.1. The van der Waals surface area contributed by atoms with Gasteiger partial charge in [-0.05, 0) is 30.3 Å². The Labute approximate surface area is 148 Å². The maximum absolute atomic E-state index is 12.4. The number of imide groups is 1. The molecule has 4 rings (SSSR count). The van der Waals surface area contributed by atoms with Crippen LogP contribution in [0.4, 0.5) is 5.69 Å². The van der Waals surface area contributed by atoms with Crippen LogP contribution in [0.25, 0.3) is 5.65 Å². The Kier molecular flexibility index (Phi) is 3.92. The number of hydrogen-bond donors (Lipinski definition) is 1. The van der Waals surface area contributed by atoms with Gasteiger partial charge in [0.05, 0.1) is 12.2 Å². The zero-order chi connectivity index (χ0) is 18.1. The van der Waals surface area contributed by atoms with Gasteiger partial charge in [-0.1, -0.05) is 12.1 Å². The van der Waals surface area contributed by atoms with Crippen LogP contribution in [-0.4, -0.2) is 32.3 Å². The third-order valence-corrected chi connectivity index (χ3v) is 4.21. The molecule has 3 aromatic rings. The molecule has 0 unspecified atom stereocenters. The van der Waals surface area contributed by atoms with E-state index in [9.17, 15) is 14.4 Å². The lowest BCUT2D eigenvalue weighted by Gasteiger charge is -2.14. The molecule has 0 saturated carbocycles. The Morgan fingerprint density at radius 3 is 2.65 bits per heavy atom. The molecule has 8 heteroatoms. The Bertz CT molecular complexity index is 1010. The highest BCUT2D eigenvalue weighted by Gasteiger charge is 2.30. The van der Waals surface area contributed by atoms with Crippen molar-refractivity contribution in [3.05, 3.63) is 60.0 Å². The summed E-state index contributed by atoms with van der Waals surface area (Å²) >= 11 is 0. The first-order valence-electron chi connectivity index (χ1n) is 8.16. The third kappa shape index (κ3) is 2.81. The molecule has 0 bridgehead atoms. The second kappa shape index (κ2) is 6.40. The van der Waals surface area contributed by atoms with Crippen molar-refractivity contribution in [3.63, 3.8) is 0 Å². The van der Waals surface area contributed by atoms with E-state index in [1.165, 1.54) is 0 Å². The van der Waals surface area contributed by atoms with Gasteiger partial charge in [-0.25, -0.2) is 0 Å². The van der Waals surface area contributed by atoms with Crippen molar-refractivity contribution in [1.29, 1.82) is 0 Å². The number of aromatic nitrogens is 3. The molecule has 0 aliphatic carbocycles. The number of hydrogen-bond acceptors (Lipinski definition) is 5. The van der Waals surface area contributed by atoms with E-state index in [-0.39, 0.29) is 37.1 Å². The van der Waals surface area contributed by atoms with Gasteiger partial charge >= 0.3 is 0 Å². The minimum atomic E-state index is -0.321. The van der Waals surface area contributed by atoms with Gasteiger partial charge in [0.25, 0.3) is 5.91 Å². The summed E-state index contributed by atoms with van der Waals surface area (Å²) < 4.78 is 1.79. The molecule has 3 heterocycles. The highest BCUT2D eigenvalue weighted by atomic mass is 16.2. The first-order valence-corrected chi connectivity index (χ1v) is 8.16. The van der Waals surface area contributed by atoms with Crippen molar-refractivity contribution in [3.8, 4) is 0 Å². The summed E-state index contributed by atoms with van der Waals surface area (Å²) in [6.07, 6.45) is 2.23. The summed E-state index contributed by atoms with van der Waals surface area (Å²) in [6.45, 7) is 0.204. The van der Waals surface area contributed by atoms with Gasteiger partial charge in [0.1, 0.15) is 0 Å². The van der Waals surface area contributed by atoms with E-state index in [0.29, 0.717) is 22.7 Å². The van der Waals surface area contributed by atoms with E-state index in [1.807, 2.05) is 24.4 Å².